The first-order valence-electron chi connectivity index (χ1n) is 7.89. The number of hydrogen-bond donors (Lipinski definition) is 1. The summed E-state index contributed by atoms with van der Waals surface area (Å²) in [4.78, 5) is 2.52. The third-order valence-electron chi connectivity index (χ3n) is 4.24. The van der Waals surface area contributed by atoms with E-state index in [4.69, 9.17) is 0 Å². The third kappa shape index (κ3) is 3.85. The molecule has 2 aromatic rings. The number of benzene rings is 1. The van der Waals surface area contributed by atoms with E-state index in [1.807, 2.05) is 23.1 Å². The van der Waals surface area contributed by atoms with Crippen LogP contribution in [0.5, 0.6) is 0 Å². The number of likely N-dealkylation sites (tertiary alicyclic amines) is 1. The van der Waals surface area contributed by atoms with Crippen LogP contribution in [0.25, 0.3) is 0 Å². The molecule has 0 spiro atoms. The van der Waals surface area contributed by atoms with E-state index in [2.05, 4.69) is 46.5 Å². The average Bonchev–Trinajstić information content (AvgIpc) is 3.01. The number of nitrogens with zero attached hydrogens (tertiary/aromatic N) is 3. The van der Waals surface area contributed by atoms with Crippen molar-refractivity contribution in [2.75, 3.05) is 25.0 Å². The topological polar surface area (TPSA) is 33.1 Å². The van der Waals surface area contributed by atoms with Gasteiger partial charge in [0.1, 0.15) is 0 Å². The minimum absolute atomic E-state index is 0.604. The van der Waals surface area contributed by atoms with Crippen LogP contribution in [-0.2, 0) is 6.54 Å². The Morgan fingerprint density at radius 2 is 2.10 bits per heavy atom. The van der Waals surface area contributed by atoms with Crippen molar-refractivity contribution in [3.63, 3.8) is 0 Å². The fraction of sp³-hybridized carbons (Fsp3) is 0.471. The Morgan fingerprint density at radius 1 is 1.24 bits per heavy atom. The number of aromatic nitrogens is 2. The predicted molar refractivity (Wildman–Crippen MR) is 86.5 cm³/mol. The molecule has 2 heterocycles. The van der Waals surface area contributed by atoms with Gasteiger partial charge in [-0.1, -0.05) is 19.1 Å². The molecular formula is C17H24N4. The third-order valence-corrected chi connectivity index (χ3v) is 4.24. The minimum atomic E-state index is 0.604. The zero-order valence-corrected chi connectivity index (χ0v) is 12.7. The highest BCUT2D eigenvalue weighted by Gasteiger charge is 2.17. The summed E-state index contributed by atoms with van der Waals surface area (Å²) in [7, 11) is 0. The molecule has 0 bridgehead atoms. The standard InChI is InChI=1S/C17H24N4/c1-2-20-11-7-16(8-12-20)19-17-6-3-5-15(13-17)14-21-10-4-9-18-21/h3-6,9-10,13,16,19H,2,7-8,11-12,14H2,1H3. The number of hydrogen-bond acceptors (Lipinski definition) is 3. The van der Waals surface area contributed by atoms with Gasteiger partial charge in [-0.05, 0) is 43.1 Å². The molecule has 1 aromatic carbocycles. The summed E-state index contributed by atoms with van der Waals surface area (Å²) in [5, 5.41) is 7.95. The van der Waals surface area contributed by atoms with Crippen LogP contribution in [-0.4, -0.2) is 40.4 Å². The summed E-state index contributed by atoms with van der Waals surface area (Å²) >= 11 is 0. The van der Waals surface area contributed by atoms with Crippen molar-refractivity contribution >= 4 is 5.69 Å². The van der Waals surface area contributed by atoms with Crippen LogP contribution in [0, 0.1) is 0 Å². The molecule has 1 fully saturated rings. The first-order valence-corrected chi connectivity index (χ1v) is 7.89. The number of nitrogens with one attached hydrogen (secondary N) is 1. The average molecular weight is 284 g/mol. The molecule has 1 saturated heterocycles. The van der Waals surface area contributed by atoms with Crippen molar-refractivity contribution < 1.29 is 0 Å². The van der Waals surface area contributed by atoms with Gasteiger partial charge in [0.05, 0.1) is 6.54 Å². The van der Waals surface area contributed by atoms with Gasteiger partial charge in [-0.2, -0.15) is 5.10 Å². The molecular weight excluding hydrogens is 260 g/mol. The van der Waals surface area contributed by atoms with Crippen molar-refractivity contribution in [3.05, 3.63) is 48.3 Å². The molecule has 21 heavy (non-hydrogen) atoms. The van der Waals surface area contributed by atoms with Gasteiger partial charge in [0, 0.05) is 37.2 Å². The molecule has 1 N–H and O–H groups in total. The molecule has 0 amide bonds. The second kappa shape index (κ2) is 6.76. The van der Waals surface area contributed by atoms with E-state index in [0.29, 0.717) is 6.04 Å². The van der Waals surface area contributed by atoms with Crippen molar-refractivity contribution in [3.8, 4) is 0 Å². The van der Waals surface area contributed by atoms with Crippen LogP contribution < -0.4 is 5.32 Å². The lowest BCUT2D eigenvalue weighted by Crippen LogP contribution is -2.38. The minimum Gasteiger partial charge on any atom is -0.382 e. The van der Waals surface area contributed by atoms with Gasteiger partial charge >= 0.3 is 0 Å². The van der Waals surface area contributed by atoms with Gasteiger partial charge in [0.2, 0.25) is 0 Å². The van der Waals surface area contributed by atoms with Gasteiger partial charge in [-0.25, -0.2) is 0 Å². The summed E-state index contributed by atoms with van der Waals surface area (Å²) in [5.41, 5.74) is 2.52. The van der Waals surface area contributed by atoms with E-state index in [1.54, 1.807) is 0 Å². The highest BCUT2D eigenvalue weighted by Crippen LogP contribution is 2.18. The Morgan fingerprint density at radius 3 is 2.81 bits per heavy atom. The summed E-state index contributed by atoms with van der Waals surface area (Å²) in [6.45, 7) is 6.66. The monoisotopic (exact) mass is 284 g/mol. The zero-order valence-electron chi connectivity index (χ0n) is 12.7. The number of anilines is 1. The lowest BCUT2D eigenvalue weighted by Gasteiger charge is -2.32. The smallest absolute Gasteiger partial charge is 0.0660 e. The Balaban J connectivity index is 1.58. The number of piperidine rings is 1. The zero-order chi connectivity index (χ0) is 14.5. The molecule has 0 atom stereocenters. The van der Waals surface area contributed by atoms with E-state index in [0.717, 1.165) is 6.54 Å². The molecule has 4 heteroatoms. The van der Waals surface area contributed by atoms with Gasteiger partial charge in [-0.3, -0.25) is 4.68 Å². The molecule has 1 aromatic heterocycles. The first-order chi connectivity index (χ1) is 10.3. The van der Waals surface area contributed by atoms with Crippen molar-refractivity contribution in [1.29, 1.82) is 0 Å². The normalized spacial score (nSPS) is 17.0. The van der Waals surface area contributed by atoms with E-state index >= 15 is 0 Å². The lowest BCUT2D eigenvalue weighted by molar-refractivity contribution is 0.229. The van der Waals surface area contributed by atoms with Crippen molar-refractivity contribution in [2.24, 2.45) is 0 Å². The molecule has 0 radical (unpaired) electrons. The maximum atomic E-state index is 4.27. The SMILES string of the molecule is CCN1CCC(Nc2cccc(Cn3cccn3)c2)CC1. The molecule has 0 saturated carbocycles. The van der Waals surface area contributed by atoms with Gasteiger partial charge < -0.3 is 10.2 Å². The highest BCUT2D eigenvalue weighted by molar-refractivity contribution is 5.46. The van der Waals surface area contributed by atoms with Crippen LogP contribution >= 0.6 is 0 Å². The molecule has 4 nitrogen and oxygen atoms in total. The molecule has 1 aliphatic rings. The quantitative estimate of drug-likeness (QED) is 0.916. The highest BCUT2D eigenvalue weighted by atomic mass is 15.3. The molecule has 112 valence electrons. The van der Waals surface area contributed by atoms with Crippen molar-refractivity contribution in [2.45, 2.75) is 32.4 Å². The second-order valence-electron chi connectivity index (χ2n) is 5.76. The van der Waals surface area contributed by atoms with Crippen LogP contribution in [0.4, 0.5) is 5.69 Å². The van der Waals surface area contributed by atoms with Gasteiger partial charge in [-0.15, -0.1) is 0 Å². The Bertz CT molecular complexity index is 542. The molecule has 3 rings (SSSR count). The summed E-state index contributed by atoms with van der Waals surface area (Å²) in [6, 6.07) is 11.3. The van der Waals surface area contributed by atoms with Gasteiger partial charge in [0.25, 0.3) is 0 Å². The maximum Gasteiger partial charge on any atom is 0.0660 e. The Kier molecular flexibility index (Phi) is 4.55. The summed E-state index contributed by atoms with van der Waals surface area (Å²) in [5.74, 6) is 0. The maximum absolute atomic E-state index is 4.27. The van der Waals surface area contributed by atoms with Crippen LogP contribution in [0.15, 0.2) is 42.7 Å². The lowest BCUT2D eigenvalue weighted by atomic mass is 10.0. The van der Waals surface area contributed by atoms with Crippen molar-refractivity contribution in [1.82, 2.24) is 14.7 Å². The van der Waals surface area contributed by atoms with Gasteiger partial charge in [0.15, 0.2) is 0 Å². The molecule has 1 aliphatic heterocycles. The Labute approximate surface area is 126 Å². The fourth-order valence-corrected chi connectivity index (χ4v) is 2.97. The summed E-state index contributed by atoms with van der Waals surface area (Å²) < 4.78 is 1.96. The largest absolute Gasteiger partial charge is 0.382 e. The Hall–Kier alpha value is -1.81. The predicted octanol–water partition coefficient (Wildman–Crippen LogP) is 2.83. The second-order valence-corrected chi connectivity index (χ2v) is 5.76. The van der Waals surface area contributed by atoms with Crippen LogP contribution in [0.2, 0.25) is 0 Å². The molecule has 0 unspecified atom stereocenters. The van der Waals surface area contributed by atoms with E-state index in [-0.39, 0.29) is 0 Å². The van der Waals surface area contributed by atoms with E-state index < -0.39 is 0 Å². The van der Waals surface area contributed by atoms with Crippen LogP contribution in [0.3, 0.4) is 0 Å². The van der Waals surface area contributed by atoms with E-state index in [1.165, 1.54) is 43.7 Å². The fourth-order valence-electron chi connectivity index (χ4n) is 2.97. The molecule has 0 aliphatic carbocycles. The first kappa shape index (κ1) is 14.1. The van der Waals surface area contributed by atoms with E-state index in [9.17, 15) is 0 Å². The summed E-state index contributed by atoms with van der Waals surface area (Å²) in [6.07, 6.45) is 6.29. The van der Waals surface area contributed by atoms with Crippen LogP contribution in [0.1, 0.15) is 25.3 Å². The number of rotatable bonds is 5.